The Bertz CT molecular complexity index is 1100. The normalized spacial score (nSPS) is 24.4. The smallest absolute Gasteiger partial charge is 0.416 e. The highest BCUT2D eigenvalue weighted by atomic mass is 19.4. The van der Waals surface area contributed by atoms with Crippen LogP contribution in [0.15, 0.2) is 60.8 Å². The van der Waals surface area contributed by atoms with Crippen LogP contribution in [0.2, 0.25) is 0 Å². The Morgan fingerprint density at radius 3 is 2.69 bits per heavy atom. The predicted octanol–water partition coefficient (Wildman–Crippen LogP) is 5.90. The van der Waals surface area contributed by atoms with Gasteiger partial charge in [0.25, 0.3) is 0 Å². The van der Waals surface area contributed by atoms with E-state index in [0.717, 1.165) is 55.7 Å². The molecule has 5 rings (SSSR count). The first-order valence-corrected chi connectivity index (χ1v) is 12.2. The van der Waals surface area contributed by atoms with Gasteiger partial charge in [-0.3, -0.25) is 10.00 Å². The molecule has 5 nitrogen and oxygen atoms in total. The third kappa shape index (κ3) is 5.54. The molecule has 1 N–H and O–H groups in total. The van der Waals surface area contributed by atoms with Gasteiger partial charge < -0.3 is 9.47 Å². The van der Waals surface area contributed by atoms with E-state index >= 15 is 0 Å². The van der Waals surface area contributed by atoms with Crippen molar-refractivity contribution in [2.75, 3.05) is 19.7 Å². The van der Waals surface area contributed by atoms with Crippen molar-refractivity contribution in [3.63, 3.8) is 0 Å². The first kappa shape index (κ1) is 23.9. The molecular formula is C27H30F3N3O2. The zero-order chi connectivity index (χ0) is 24.4. The molecule has 2 aromatic carbocycles. The lowest BCUT2D eigenvalue weighted by atomic mass is 9.88. The maximum absolute atomic E-state index is 13.0. The summed E-state index contributed by atoms with van der Waals surface area (Å²) in [6.45, 7) is 4.53. The molecule has 3 aromatic rings. The average Bonchev–Trinajstić information content (AvgIpc) is 3.56. The van der Waals surface area contributed by atoms with Crippen molar-refractivity contribution in [2.45, 2.75) is 56.5 Å². The van der Waals surface area contributed by atoms with Gasteiger partial charge >= 0.3 is 6.18 Å². The Morgan fingerprint density at radius 1 is 1.11 bits per heavy atom. The van der Waals surface area contributed by atoms with Crippen molar-refractivity contribution in [1.82, 2.24) is 15.1 Å². The minimum atomic E-state index is -4.37. The van der Waals surface area contributed by atoms with Crippen LogP contribution in [0.5, 0.6) is 5.75 Å². The van der Waals surface area contributed by atoms with E-state index in [4.69, 9.17) is 9.47 Å². The van der Waals surface area contributed by atoms with Crippen LogP contribution in [0.1, 0.15) is 43.2 Å². The zero-order valence-corrected chi connectivity index (χ0v) is 19.7. The fraction of sp³-hybridized carbons (Fsp3) is 0.444. The van der Waals surface area contributed by atoms with Crippen molar-refractivity contribution in [3.8, 4) is 17.0 Å². The van der Waals surface area contributed by atoms with Crippen molar-refractivity contribution in [3.05, 3.63) is 71.9 Å². The number of rotatable bonds is 6. The summed E-state index contributed by atoms with van der Waals surface area (Å²) in [5.41, 5.74) is 2.66. The lowest BCUT2D eigenvalue weighted by Crippen LogP contribution is -2.43. The average molecular weight is 486 g/mol. The second kappa shape index (κ2) is 10.0. The summed E-state index contributed by atoms with van der Waals surface area (Å²) in [6, 6.07) is 16.0. The number of aromatic amines is 1. The number of aromatic nitrogens is 2. The van der Waals surface area contributed by atoms with Crippen LogP contribution in [0.4, 0.5) is 13.2 Å². The molecule has 0 spiro atoms. The number of nitrogens with zero attached hydrogens (tertiary/aromatic N) is 2. The molecule has 2 saturated heterocycles. The number of benzene rings is 2. The third-order valence-corrected chi connectivity index (χ3v) is 7.25. The summed E-state index contributed by atoms with van der Waals surface area (Å²) in [4.78, 5) is 2.42. The fourth-order valence-corrected chi connectivity index (χ4v) is 5.21. The van der Waals surface area contributed by atoms with Gasteiger partial charge in [-0.15, -0.1) is 0 Å². The lowest BCUT2D eigenvalue weighted by molar-refractivity contribution is -0.137. The van der Waals surface area contributed by atoms with E-state index in [1.807, 2.05) is 6.07 Å². The maximum atomic E-state index is 13.0. The number of likely N-dealkylation sites (tertiary alicyclic amines) is 1. The summed E-state index contributed by atoms with van der Waals surface area (Å²) in [6.07, 6.45) is 0.0902. The third-order valence-electron chi connectivity index (χ3n) is 7.25. The first-order valence-electron chi connectivity index (χ1n) is 12.2. The van der Waals surface area contributed by atoms with Gasteiger partial charge in [0.1, 0.15) is 11.9 Å². The highest BCUT2D eigenvalue weighted by Crippen LogP contribution is 2.34. The number of nitrogens with one attached hydrogen (secondary N) is 1. The standard InChI is InChI=1S/C27H30F3N3O2/c1-18(19-5-7-20(8-6-19)25-9-12-31-32-25)26-16-22(11-14-34-26)33-13-10-24(17-33)35-23-4-2-3-21(15-23)27(28,29)30/h2-9,12,15,18,22,24,26H,10-11,13-14,16-17H2,1H3,(H,31,32)/t18-,22?,24+,26?/m0/s1. The predicted molar refractivity (Wildman–Crippen MR) is 127 cm³/mol. The highest BCUT2D eigenvalue weighted by Gasteiger charge is 2.36. The molecule has 0 bridgehead atoms. The van der Waals surface area contributed by atoms with Crippen molar-refractivity contribution >= 4 is 0 Å². The topological polar surface area (TPSA) is 50.4 Å². The lowest BCUT2D eigenvalue weighted by Gasteiger charge is -2.38. The van der Waals surface area contributed by atoms with Gasteiger partial charge in [0.15, 0.2) is 0 Å². The van der Waals surface area contributed by atoms with E-state index in [9.17, 15) is 13.2 Å². The van der Waals surface area contributed by atoms with Crippen LogP contribution >= 0.6 is 0 Å². The summed E-state index contributed by atoms with van der Waals surface area (Å²) in [7, 11) is 0. The molecule has 0 radical (unpaired) electrons. The second-order valence-corrected chi connectivity index (χ2v) is 9.52. The number of H-pyrrole nitrogens is 1. The molecule has 35 heavy (non-hydrogen) atoms. The first-order chi connectivity index (χ1) is 16.9. The van der Waals surface area contributed by atoms with Crippen molar-refractivity contribution in [1.29, 1.82) is 0 Å². The van der Waals surface area contributed by atoms with Crippen LogP contribution in [0.3, 0.4) is 0 Å². The Hall–Kier alpha value is -2.84. The minimum Gasteiger partial charge on any atom is -0.489 e. The van der Waals surface area contributed by atoms with Crippen LogP contribution in [-0.4, -0.2) is 53.0 Å². The van der Waals surface area contributed by atoms with Gasteiger partial charge in [0.2, 0.25) is 0 Å². The molecule has 0 saturated carbocycles. The molecule has 2 aliphatic heterocycles. The number of hydrogen-bond donors (Lipinski definition) is 1. The molecule has 0 aliphatic carbocycles. The molecule has 186 valence electrons. The van der Waals surface area contributed by atoms with Crippen LogP contribution in [-0.2, 0) is 10.9 Å². The van der Waals surface area contributed by atoms with Crippen LogP contribution < -0.4 is 4.74 Å². The van der Waals surface area contributed by atoms with Crippen molar-refractivity contribution < 1.29 is 22.6 Å². The molecule has 0 amide bonds. The van der Waals surface area contributed by atoms with Gasteiger partial charge in [-0.05, 0) is 54.7 Å². The number of alkyl halides is 3. The SMILES string of the molecule is C[C@@H](c1ccc(-c2ccn[nH]2)cc1)C1CC(N2CC[C@@H](Oc3cccc(C(F)(F)F)c3)C2)CCO1. The Morgan fingerprint density at radius 2 is 1.94 bits per heavy atom. The maximum Gasteiger partial charge on any atom is 0.416 e. The summed E-state index contributed by atoms with van der Waals surface area (Å²) < 4.78 is 51.2. The molecule has 1 aromatic heterocycles. The zero-order valence-electron chi connectivity index (χ0n) is 19.7. The summed E-state index contributed by atoms with van der Waals surface area (Å²) in [5.74, 6) is 0.539. The highest BCUT2D eigenvalue weighted by molar-refractivity contribution is 5.58. The van der Waals surface area contributed by atoms with Gasteiger partial charge in [-0.1, -0.05) is 37.3 Å². The molecule has 2 aliphatic rings. The number of ether oxygens (including phenoxy) is 2. The largest absolute Gasteiger partial charge is 0.489 e. The molecule has 8 heteroatoms. The molecule has 2 fully saturated rings. The van der Waals surface area contributed by atoms with E-state index in [2.05, 4.69) is 46.3 Å². The van der Waals surface area contributed by atoms with Crippen LogP contribution in [0.25, 0.3) is 11.3 Å². The number of halogens is 3. The van der Waals surface area contributed by atoms with Gasteiger partial charge in [0, 0.05) is 37.9 Å². The van der Waals surface area contributed by atoms with Gasteiger partial charge in [0.05, 0.1) is 17.4 Å². The van der Waals surface area contributed by atoms with Crippen molar-refractivity contribution in [2.24, 2.45) is 0 Å². The Labute approximate surface area is 203 Å². The second-order valence-electron chi connectivity index (χ2n) is 9.52. The van der Waals surface area contributed by atoms with E-state index in [-0.39, 0.29) is 23.9 Å². The number of hydrogen-bond acceptors (Lipinski definition) is 4. The molecule has 2 unspecified atom stereocenters. The molecule has 3 heterocycles. The van der Waals surface area contributed by atoms with E-state index in [0.29, 0.717) is 12.6 Å². The monoisotopic (exact) mass is 485 g/mol. The molecule has 4 atom stereocenters. The van der Waals surface area contributed by atoms with Crippen LogP contribution in [0, 0.1) is 0 Å². The Kier molecular flexibility index (Phi) is 6.84. The summed E-state index contributed by atoms with van der Waals surface area (Å²) >= 11 is 0. The van der Waals surface area contributed by atoms with Gasteiger partial charge in [-0.25, -0.2) is 0 Å². The van der Waals surface area contributed by atoms with Gasteiger partial charge in [-0.2, -0.15) is 18.3 Å². The minimum absolute atomic E-state index is 0.104. The van der Waals surface area contributed by atoms with E-state index in [1.54, 1.807) is 12.3 Å². The quantitative estimate of drug-likeness (QED) is 0.472. The molecular weight excluding hydrogens is 455 g/mol. The Balaban J connectivity index is 1.17. The van der Waals surface area contributed by atoms with E-state index in [1.165, 1.54) is 11.6 Å². The summed E-state index contributed by atoms with van der Waals surface area (Å²) in [5, 5.41) is 7.00. The fourth-order valence-electron chi connectivity index (χ4n) is 5.21. The van der Waals surface area contributed by atoms with E-state index < -0.39 is 11.7 Å².